The summed E-state index contributed by atoms with van der Waals surface area (Å²) in [6.45, 7) is 8.01. The molecule has 1 aromatic heterocycles. The smallest absolute Gasteiger partial charge is 0.271 e. The van der Waals surface area contributed by atoms with Gasteiger partial charge in [-0.25, -0.2) is 9.97 Å². The molecule has 9 nitrogen and oxygen atoms in total. The third-order valence-corrected chi connectivity index (χ3v) is 7.26. The fourth-order valence-corrected chi connectivity index (χ4v) is 4.93. The molecule has 2 heterocycles. The molecular weight excluding hydrogens is 442 g/mol. The number of nitrogens with zero attached hydrogens (tertiary/aromatic N) is 3. The maximum absolute atomic E-state index is 12.0. The van der Waals surface area contributed by atoms with Crippen LogP contribution in [-0.2, 0) is 10.2 Å². The minimum absolute atomic E-state index is 0.0875. The van der Waals surface area contributed by atoms with Gasteiger partial charge in [0.2, 0.25) is 5.91 Å². The molecule has 1 unspecified atom stereocenters. The molecule has 1 aliphatic carbocycles. The van der Waals surface area contributed by atoms with Gasteiger partial charge in [-0.15, -0.1) is 0 Å². The lowest BCUT2D eigenvalue weighted by Crippen LogP contribution is -2.38. The molecule has 0 spiro atoms. The summed E-state index contributed by atoms with van der Waals surface area (Å²) in [6.07, 6.45) is 7.59. The molecule has 1 saturated heterocycles. The molecule has 5 N–H and O–H groups in total. The molecule has 4 rings (SSSR count). The number of anilines is 3. The van der Waals surface area contributed by atoms with Gasteiger partial charge in [-0.1, -0.05) is 25.6 Å². The van der Waals surface area contributed by atoms with E-state index in [-0.39, 0.29) is 29.1 Å². The molecule has 0 radical (unpaired) electrons. The summed E-state index contributed by atoms with van der Waals surface area (Å²) in [5.74, 6) is 0.0579. The van der Waals surface area contributed by atoms with Gasteiger partial charge in [-0.05, 0) is 81.4 Å². The van der Waals surface area contributed by atoms with E-state index in [9.17, 15) is 9.59 Å². The second-order valence-corrected chi connectivity index (χ2v) is 9.95. The molecule has 0 bridgehead atoms. The third kappa shape index (κ3) is 5.97. The van der Waals surface area contributed by atoms with E-state index < -0.39 is 5.91 Å². The predicted octanol–water partition coefficient (Wildman–Crippen LogP) is 2.94. The zero-order chi connectivity index (χ0) is 25.0. The number of hydrogen-bond donors (Lipinski definition) is 4. The van der Waals surface area contributed by atoms with E-state index in [0.717, 1.165) is 50.9 Å². The number of piperidine rings is 1. The van der Waals surface area contributed by atoms with Crippen molar-refractivity contribution < 1.29 is 9.59 Å². The zero-order valence-corrected chi connectivity index (χ0v) is 20.5. The molecule has 186 valence electrons. The van der Waals surface area contributed by atoms with Crippen LogP contribution in [0.25, 0.3) is 0 Å². The molecule has 9 heteroatoms. The van der Waals surface area contributed by atoms with Crippen LogP contribution < -0.4 is 21.7 Å². The highest BCUT2D eigenvalue weighted by Gasteiger charge is 2.30. The predicted molar refractivity (Wildman–Crippen MR) is 138 cm³/mol. The number of benzene rings is 1. The highest BCUT2D eigenvalue weighted by Crippen LogP contribution is 2.35. The largest absolute Gasteiger partial charge is 0.366 e. The number of rotatable bonds is 8. The van der Waals surface area contributed by atoms with E-state index in [2.05, 4.69) is 63.5 Å². The molecule has 1 aliphatic heterocycles. The number of hydrogen-bond acceptors (Lipinski definition) is 7. The lowest BCUT2D eigenvalue weighted by molar-refractivity contribution is -0.117. The number of nitrogens with two attached hydrogens (primary N) is 1. The second-order valence-electron chi connectivity index (χ2n) is 9.95. The lowest BCUT2D eigenvalue weighted by Gasteiger charge is -2.38. The molecule has 2 fully saturated rings. The summed E-state index contributed by atoms with van der Waals surface area (Å²) >= 11 is 0. The summed E-state index contributed by atoms with van der Waals surface area (Å²) in [5, 5.41) is 9.53. The highest BCUT2D eigenvalue weighted by atomic mass is 16.2. The molecule has 2 aromatic rings. The Kier molecular flexibility index (Phi) is 7.35. The molecule has 2 atom stereocenters. The van der Waals surface area contributed by atoms with Crippen LogP contribution in [0.1, 0.15) is 55.1 Å². The minimum atomic E-state index is -0.643. The summed E-state index contributed by atoms with van der Waals surface area (Å²) in [5.41, 5.74) is 7.93. The van der Waals surface area contributed by atoms with Gasteiger partial charge in [-0.2, -0.15) is 0 Å². The average molecular weight is 478 g/mol. The van der Waals surface area contributed by atoms with E-state index >= 15 is 0 Å². The SMILES string of the molecule is C=CC(=O)NC1CC[C@@H](Nc2cnc(C(N)=O)c(Nc3ccc(C4(C)CCN(C)CC4)cc3)n2)C1. The molecule has 1 saturated carbocycles. The Hall–Kier alpha value is -3.46. The van der Waals surface area contributed by atoms with Gasteiger partial charge in [0, 0.05) is 17.8 Å². The Bertz CT molecular complexity index is 1080. The standard InChI is InChI=1S/C26H35N7O2/c1-4-22(34)30-20-10-9-19(15-20)29-21-16-28-23(24(27)35)25(32-21)31-18-7-5-17(6-8-18)26(2)11-13-33(3)14-12-26/h4-8,16,19-20H,1,9-15H2,2-3H3,(H2,27,35)(H,30,34)(H2,29,31,32)/t19-,20?/m1/s1. The Morgan fingerprint density at radius 1 is 1.17 bits per heavy atom. The summed E-state index contributed by atoms with van der Waals surface area (Å²) in [7, 11) is 2.17. The van der Waals surface area contributed by atoms with Gasteiger partial charge in [0.25, 0.3) is 5.91 Å². The van der Waals surface area contributed by atoms with E-state index in [4.69, 9.17) is 5.73 Å². The quantitative estimate of drug-likeness (QED) is 0.431. The maximum atomic E-state index is 12.0. The van der Waals surface area contributed by atoms with Gasteiger partial charge in [0.05, 0.1) is 6.20 Å². The number of nitrogens with one attached hydrogen (secondary N) is 3. The first-order chi connectivity index (χ1) is 16.8. The van der Waals surface area contributed by atoms with Crippen LogP contribution in [0.2, 0.25) is 0 Å². The minimum Gasteiger partial charge on any atom is -0.366 e. The Morgan fingerprint density at radius 3 is 2.51 bits per heavy atom. The maximum Gasteiger partial charge on any atom is 0.271 e. The van der Waals surface area contributed by atoms with E-state index in [1.165, 1.54) is 17.8 Å². The van der Waals surface area contributed by atoms with Crippen LogP contribution in [0.15, 0.2) is 43.1 Å². The first kappa shape index (κ1) is 24.7. The number of amides is 2. The highest BCUT2D eigenvalue weighted by molar-refractivity contribution is 5.96. The molecular formula is C26H35N7O2. The van der Waals surface area contributed by atoms with E-state index in [0.29, 0.717) is 11.6 Å². The third-order valence-electron chi connectivity index (χ3n) is 7.26. The molecule has 1 aromatic carbocycles. The Morgan fingerprint density at radius 2 is 1.86 bits per heavy atom. The van der Waals surface area contributed by atoms with Crippen LogP contribution in [0.3, 0.4) is 0 Å². The van der Waals surface area contributed by atoms with E-state index in [1.807, 2.05) is 12.1 Å². The zero-order valence-electron chi connectivity index (χ0n) is 20.5. The topological polar surface area (TPSA) is 125 Å². The Labute approximate surface area is 206 Å². The van der Waals surface area contributed by atoms with Crippen molar-refractivity contribution in [2.45, 2.75) is 56.5 Å². The van der Waals surface area contributed by atoms with Gasteiger partial charge in [0.15, 0.2) is 11.5 Å². The summed E-state index contributed by atoms with van der Waals surface area (Å²) in [4.78, 5) is 34.8. The number of carbonyl (C=O) groups excluding carboxylic acids is 2. The van der Waals surface area contributed by atoms with Crippen molar-refractivity contribution in [3.63, 3.8) is 0 Å². The molecule has 2 aliphatic rings. The van der Waals surface area contributed by atoms with Gasteiger partial charge < -0.3 is 26.6 Å². The van der Waals surface area contributed by atoms with Crippen molar-refractivity contribution >= 4 is 29.1 Å². The normalized spacial score (nSPS) is 21.8. The average Bonchev–Trinajstić information content (AvgIpc) is 3.28. The first-order valence-electron chi connectivity index (χ1n) is 12.2. The van der Waals surface area contributed by atoms with Crippen molar-refractivity contribution in [3.05, 3.63) is 54.4 Å². The first-order valence-corrected chi connectivity index (χ1v) is 12.2. The van der Waals surface area contributed by atoms with Crippen molar-refractivity contribution in [1.29, 1.82) is 0 Å². The molecule has 2 amide bonds. The second kappa shape index (κ2) is 10.4. The van der Waals surface area contributed by atoms with Crippen LogP contribution in [0.4, 0.5) is 17.3 Å². The monoisotopic (exact) mass is 477 g/mol. The van der Waals surface area contributed by atoms with Crippen molar-refractivity contribution in [3.8, 4) is 0 Å². The van der Waals surface area contributed by atoms with Crippen LogP contribution in [0.5, 0.6) is 0 Å². The lowest BCUT2D eigenvalue weighted by atomic mass is 9.74. The van der Waals surface area contributed by atoms with Crippen molar-refractivity contribution in [2.24, 2.45) is 5.73 Å². The number of carbonyl (C=O) groups is 2. The van der Waals surface area contributed by atoms with Crippen LogP contribution in [0, 0.1) is 0 Å². The van der Waals surface area contributed by atoms with Gasteiger partial charge >= 0.3 is 0 Å². The summed E-state index contributed by atoms with van der Waals surface area (Å²) in [6, 6.07) is 8.54. The molecule has 35 heavy (non-hydrogen) atoms. The van der Waals surface area contributed by atoms with Crippen molar-refractivity contribution in [2.75, 3.05) is 30.8 Å². The van der Waals surface area contributed by atoms with Crippen molar-refractivity contribution in [1.82, 2.24) is 20.2 Å². The van der Waals surface area contributed by atoms with Crippen LogP contribution >= 0.6 is 0 Å². The van der Waals surface area contributed by atoms with E-state index in [1.54, 1.807) is 0 Å². The van der Waals surface area contributed by atoms with Gasteiger partial charge in [0.1, 0.15) is 5.82 Å². The Balaban J connectivity index is 1.45. The number of primary amides is 1. The fraction of sp³-hybridized carbons (Fsp3) is 0.462. The van der Waals surface area contributed by atoms with Gasteiger partial charge in [-0.3, -0.25) is 9.59 Å². The number of aromatic nitrogens is 2. The van der Waals surface area contributed by atoms with Crippen LogP contribution in [-0.4, -0.2) is 58.9 Å². The summed E-state index contributed by atoms with van der Waals surface area (Å²) < 4.78 is 0. The fourth-order valence-electron chi connectivity index (χ4n) is 4.93. The number of likely N-dealkylation sites (tertiary alicyclic amines) is 1.